The number of carbonyl (C=O) groups is 2. The fourth-order valence-corrected chi connectivity index (χ4v) is 3.22. The van der Waals surface area contributed by atoms with Gasteiger partial charge in [-0.3, -0.25) is 9.59 Å². The van der Waals surface area contributed by atoms with Gasteiger partial charge in [-0.25, -0.2) is 4.39 Å². The van der Waals surface area contributed by atoms with Gasteiger partial charge in [0.05, 0.1) is 24.0 Å². The van der Waals surface area contributed by atoms with E-state index in [-0.39, 0.29) is 6.10 Å². The second-order valence-corrected chi connectivity index (χ2v) is 5.63. The number of ether oxygens (including phenoxy) is 1. The number of rotatable bonds is 3. The minimum absolute atomic E-state index is 0.329. The van der Waals surface area contributed by atoms with Crippen LogP contribution in [0.1, 0.15) is 18.4 Å². The lowest BCUT2D eigenvalue weighted by atomic mass is 9.78. The van der Waals surface area contributed by atoms with Crippen LogP contribution in [-0.4, -0.2) is 29.2 Å². The fourth-order valence-electron chi connectivity index (χ4n) is 3.22. The van der Waals surface area contributed by atoms with E-state index < -0.39 is 35.6 Å². The Hall–Kier alpha value is -1.95. The summed E-state index contributed by atoms with van der Waals surface area (Å²) in [5, 5.41) is 11.9. The summed E-state index contributed by atoms with van der Waals surface area (Å²) in [6.07, 6.45) is 0.615. The summed E-state index contributed by atoms with van der Waals surface area (Å²) in [5.41, 5.74) is 0.815. The van der Waals surface area contributed by atoms with Gasteiger partial charge in [0, 0.05) is 5.69 Å². The highest BCUT2D eigenvalue weighted by molar-refractivity contribution is 5.96. The van der Waals surface area contributed by atoms with Crippen LogP contribution < -0.4 is 5.32 Å². The van der Waals surface area contributed by atoms with Crippen molar-refractivity contribution in [3.05, 3.63) is 29.6 Å². The first-order valence-electron chi connectivity index (χ1n) is 6.92. The van der Waals surface area contributed by atoms with Crippen LogP contribution in [-0.2, 0) is 14.3 Å². The van der Waals surface area contributed by atoms with Gasteiger partial charge >= 0.3 is 5.97 Å². The minimum atomic E-state index is -1.02. The molecule has 3 rings (SSSR count). The first-order chi connectivity index (χ1) is 9.97. The van der Waals surface area contributed by atoms with Crippen molar-refractivity contribution < 1.29 is 23.8 Å². The van der Waals surface area contributed by atoms with E-state index in [0.717, 1.165) is 0 Å². The van der Waals surface area contributed by atoms with Gasteiger partial charge in [-0.05, 0) is 37.5 Å². The molecule has 1 aromatic carbocycles. The zero-order valence-electron chi connectivity index (χ0n) is 11.5. The third kappa shape index (κ3) is 2.40. The molecule has 0 aromatic heterocycles. The number of halogens is 1. The van der Waals surface area contributed by atoms with E-state index in [2.05, 4.69) is 5.32 Å². The van der Waals surface area contributed by atoms with E-state index in [1.807, 2.05) is 0 Å². The molecule has 1 amide bonds. The molecule has 21 heavy (non-hydrogen) atoms. The SMILES string of the molecule is Cc1ccc(NC(=O)[C@@H]2[C@@H](C(=O)O)[C@@H]3CC[C@H]2O3)cc1F. The Morgan fingerprint density at radius 3 is 2.57 bits per heavy atom. The van der Waals surface area contributed by atoms with Gasteiger partial charge in [-0.15, -0.1) is 0 Å². The van der Waals surface area contributed by atoms with Crippen LogP contribution in [0.5, 0.6) is 0 Å². The van der Waals surface area contributed by atoms with Crippen molar-refractivity contribution in [1.29, 1.82) is 0 Å². The molecule has 2 bridgehead atoms. The number of carboxylic acid groups (broad SMARTS) is 1. The van der Waals surface area contributed by atoms with Gasteiger partial charge in [0.25, 0.3) is 0 Å². The van der Waals surface area contributed by atoms with Gasteiger partial charge in [-0.1, -0.05) is 6.07 Å². The van der Waals surface area contributed by atoms with Crippen LogP contribution in [0.25, 0.3) is 0 Å². The molecule has 0 saturated carbocycles. The minimum Gasteiger partial charge on any atom is -0.481 e. The molecule has 2 aliphatic rings. The number of benzene rings is 1. The van der Waals surface area contributed by atoms with Gasteiger partial charge in [0.15, 0.2) is 0 Å². The van der Waals surface area contributed by atoms with E-state index >= 15 is 0 Å². The van der Waals surface area contributed by atoms with E-state index in [9.17, 15) is 19.1 Å². The predicted octanol–water partition coefficient (Wildman–Crippen LogP) is 1.95. The molecular weight excluding hydrogens is 277 g/mol. The van der Waals surface area contributed by atoms with Crippen molar-refractivity contribution in [1.82, 2.24) is 0 Å². The first-order valence-corrected chi connectivity index (χ1v) is 6.92. The Kier molecular flexibility index (Phi) is 3.41. The summed E-state index contributed by atoms with van der Waals surface area (Å²) in [6.45, 7) is 1.63. The lowest BCUT2D eigenvalue weighted by Gasteiger charge is -2.23. The highest BCUT2D eigenvalue weighted by Crippen LogP contribution is 2.44. The number of aryl methyl sites for hydroxylation is 1. The van der Waals surface area contributed by atoms with Crippen LogP contribution in [0.2, 0.25) is 0 Å². The Balaban J connectivity index is 1.78. The van der Waals surface area contributed by atoms with E-state index in [4.69, 9.17) is 4.74 Å². The van der Waals surface area contributed by atoms with Crippen LogP contribution in [0.15, 0.2) is 18.2 Å². The summed E-state index contributed by atoms with van der Waals surface area (Å²) in [4.78, 5) is 23.7. The Bertz CT molecular complexity index is 603. The Morgan fingerprint density at radius 1 is 1.29 bits per heavy atom. The second-order valence-electron chi connectivity index (χ2n) is 5.63. The molecule has 0 spiro atoms. The summed E-state index contributed by atoms with van der Waals surface area (Å²) in [5.74, 6) is -3.38. The van der Waals surface area contributed by atoms with Crippen molar-refractivity contribution in [3.8, 4) is 0 Å². The van der Waals surface area contributed by atoms with E-state index in [1.165, 1.54) is 6.07 Å². The monoisotopic (exact) mass is 293 g/mol. The summed E-state index contributed by atoms with van der Waals surface area (Å²) in [7, 11) is 0. The molecule has 2 heterocycles. The van der Waals surface area contributed by atoms with Crippen molar-refractivity contribution in [2.75, 3.05) is 5.32 Å². The molecule has 2 fully saturated rings. The molecule has 2 N–H and O–H groups in total. The number of anilines is 1. The largest absolute Gasteiger partial charge is 0.481 e. The number of nitrogens with one attached hydrogen (secondary N) is 1. The third-order valence-electron chi connectivity index (χ3n) is 4.30. The summed E-state index contributed by atoms with van der Waals surface area (Å²) >= 11 is 0. The fraction of sp³-hybridized carbons (Fsp3) is 0.467. The average Bonchev–Trinajstić information content (AvgIpc) is 3.03. The molecular formula is C15H16FNO4. The first kappa shape index (κ1) is 14.0. The van der Waals surface area contributed by atoms with Crippen molar-refractivity contribution >= 4 is 17.6 Å². The number of amides is 1. The molecule has 0 unspecified atom stereocenters. The van der Waals surface area contributed by atoms with Crippen molar-refractivity contribution in [3.63, 3.8) is 0 Å². The van der Waals surface area contributed by atoms with Crippen molar-refractivity contribution in [2.24, 2.45) is 11.8 Å². The van der Waals surface area contributed by atoms with Crippen LogP contribution in [0.3, 0.4) is 0 Å². The molecule has 0 radical (unpaired) electrons. The maximum Gasteiger partial charge on any atom is 0.310 e. The van der Waals surface area contributed by atoms with Crippen LogP contribution in [0, 0.1) is 24.6 Å². The Labute approximate surface area is 121 Å². The molecule has 112 valence electrons. The highest BCUT2D eigenvalue weighted by atomic mass is 19.1. The zero-order valence-corrected chi connectivity index (χ0v) is 11.5. The number of hydrogen-bond donors (Lipinski definition) is 2. The lowest BCUT2D eigenvalue weighted by Crippen LogP contribution is -2.40. The lowest BCUT2D eigenvalue weighted by molar-refractivity contribution is -0.147. The highest BCUT2D eigenvalue weighted by Gasteiger charge is 2.55. The number of hydrogen-bond acceptors (Lipinski definition) is 3. The van der Waals surface area contributed by atoms with Gasteiger partial charge in [-0.2, -0.15) is 0 Å². The second kappa shape index (κ2) is 5.11. The average molecular weight is 293 g/mol. The summed E-state index contributed by atoms with van der Waals surface area (Å²) < 4.78 is 19.0. The molecule has 4 atom stereocenters. The topological polar surface area (TPSA) is 75.6 Å². The maximum absolute atomic E-state index is 13.5. The number of fused-ring (bicyclic) bond motifs is 2. The smallest absolute Gasteiger partial charge is 0.310 e. The summed E-state index contributed by atoms with van der Waals surface area (Å²) in [6, 6.07) is 4.40. The van der Waals surface area contributed by atoms with Gasteiger partial charge in [0.2, 0.25) is 5.91 Å². The molecule has 2 aliphatic heterocycles. The zero-order chi connectivity index (χ0) is 15.1. The van der Waals surface area contributed by atoms with E-state index in [1.54, 1.807) is 19.1 Å². The Morgan fingerprint density at radius 2 is 1.95 bits per heavy atom. The number of carbonyl (C=O) groups excluding carboxylic acids is 1. The predicted molar refractivity (Wildman–Crippen MR) is 72.3 cm³/mol. The molecule has 2 saturated heterocycles. The standard InChI is InChI=1S/C15H16FNO4/c1-7-2-3-8(6-9(7)16)17-14(18)12-10-4-5-11(21-10)13(12)15(19)20/h2-3,6,10-13H,4-5H2,1H3,(H,17,18)(H,19,20)/t10-,11+,12+,13+/m1/s1. The van der Waals surface area contributed by atoms with E-state index in [0.29, 0.717) is 24.1 Å². The molecule has 1 aromatic rings. The van der Waals surface area contributed by atoms with Gasteiger partial charge in [0.1, 0.15) is 5.82 Å². The van der Waals surface area contributed by atoms with Gasteiger partial charge < -0.3 is 15.2 Å². The third-order valence-corrected chi connectivity index (χ3v) is 4.30. The van der Waals surface area contributed by atoms with Crippen LogP contribution in [0.4, 0.5) is 10.1 Å². The molecule has 6 heteroatoms. The number of aliphatic carboxylic acids is 1. The van der Waals surface area contributed by atoms with Crippen molar-refractivity contribution in [2.45, 2.75) is 32.0 Å². The number of carboxylic acids is 1. The van der Waals surface area contributed by atoms with Crippen LogP contribution >= 0.6 is 0 Å². The maximum atomic E-state index is 13.5. The quantitative estimate of drug-likeness (QED) is 0.893. The normalized spacial score (nSPS) is 30.4. The molecule has 0 aliphatic carbocycles. The molecule has 5 nitrogen and oxygen atoms in total.